The number of hydrogen-bond acceptors (Lipinski definition) is 5. The summed E-state index contributed by atoms with van der Waals surface area (Å²) in [6.07, 6.45) is 1.35. The lowest BCUT2D eigenvalue weighted by molar-refractivity contribution is 0.660. The highest BCUT2D eigenvalue weighted by Gasteiger charge is 2.35. The molecule has 2 heterocycles. The first-order chi connectivity index (χ1) is 24.9. The second-order valence-corrected chi connectivity index (χ2v) is 13.8. The van der Waals surface area contributed by atoms with E-state index in [1.54, 1.807) is 6.20 Å². The zero-order chi connectivity index (χ0) is 34.7. The lowest BCUT2D eigenvalue weighted by Crippen LogP contribution is -2.21. The number of nitriles is 1. The molecule has 0 spiro atoms. The fourth-order valence-electron chi connectivity index (χ4n) is 7.61. The average Bonchev–Trinajstić information content (AvgIpc) is 3.65. The van der Waals surface area contributed by atoms with E-state index in [1.807, 2.05) is 36.4 Å². The Hall–Kier alpha value is -6.48. The quantitative estimate of drug-likeness (QED) is 0.174. The predicted molar refractivity (Wildman–Crippen MR) is 207 cm³/mol. The normalized spacial score (nSPS) is 13.5. The Bertz CT molecular complexity index is 2660. The number of anilines is 1. The number of aromatic nitrogens is 1. The van der Waals surface area contributed by atoms with Crippen LogP contribution in [0.5, 0.6) is 0 Å². The van der Waals surface area contributed by atoms with Crippen molar-refractivity contribution in [3.05, 3.63) is 168 Å². The SMILES string of the molecule is CC1(C)c2cc(C#N)ccc2-c2ccc(-c3ccc4oc5ccc(-c6ccc([C@@H](N)Nc7ncccc7-c7ccccc7)cc6)cc5c4c3)cc21. The first-order valence-corrected chi connectivity index (χ1v) is 17.2. The maximum absolute atomic E-state index is 9.52. The minimum Gasteiger partial charge on any atom is -0.456 e. The van der Waals surface area contributed by atoms with E-state index in [1.165, 1.54) is 22.3 Å². The van der Waals surface area contributed by atoms with E-state index in [0.717, 1.165) is 66.7 Å². The van der Waals surface area contributed by atoms with Crippen LogP contribution in [-0.2, 0) is 5.41 Å². The van der Waals surface area contributed by atoms with Crippen molar-refractivity contribution in [2.24, 2.45) is 5.73 Å². The third kappa shape index (κ3) is 5.17. The fourth-order valence-corrected chi connectivity index (χ4v) is 7.61. The summed E-state index contributed by atoms with van der Waals surface area (Å²) >= 11 is 0. The number of hydrogen-bond donors (Lipinski definition) is 2. The molecule has 51 heavy (non-hydrogen) atoms. The third-order valence-corrected chi connectivity index (χ3v) is 10.4. The summed E-state index contributed by atoms with van der Waals surface area (Å²) in [5.41, 5.74) is 21.3. The van der Waals surface area contributed by atoms with Crippen molar-refractivity contribution in [1.82, 2.24) is 4.98 Å². The highest BCUT2D eigenvalue weighted by Crippen LogP contribution is 2.50. The molecule has 0 amide bonds. The van der Waals surface area contributed by atoms with Crippen LogP contribution in [0, 0.1) is 11.3 Å². The van der Waals surface area contributed by atoms with Crippen molar-refractivity contribution in [2.45, 2.75) is 25.4 Å². The molecule has 0 saturated carbocycles. The van der Waals surface area contributed by atoms with Gasteiger partial charge in [0.05, 0.1) is 11.6 Å². The fraction of sp³-hybridized carbons (Fsp3) is 0.0870. The zero-order valence-corrected chi connectivity index (χ0v) is 28.3. The highest BCUT2D eigenvalue weighted by atomic mass is 16.3. The van der Waals surface area contributed by atoms with Crippen LogP contribution in [-0.4, -0.2) is 4.98 Å². The van der Waals surface area contributed by atoms with Gasteiger partial charge in [0.15, 0.2) is 0 Å². The lowest BCUT2D eigenvalue weighted by Gasteiger charge is -2.22. The summed E-state index contributed by atoms with van der Waals surface area (Å²) in [5, 5.41) is 15.1. The van der Waals surface area contributed by atoms with Crippen molar-refractivity contribution in [3.8, 4) is 50.6 Å². The molecule has 5 nitrogen and oxygen atoms in total. The van der Waals surface area contributed by atoms with Crippen molar-refractivity contribution in [2.75, 3.05) is 5.32 Å². The molecule has 6 aromatic carbocycles. The summed E-state index contributed by atoms with van der Waals surface area (Å²) < 4.78 is 6.30. The van der Waals surface area contributed by atoms with Crippen molar-refractivity contribution in [1.29, 1.82) is 5.26 Å². The molecule has 0 bridgehead atoms. The van der Waals surface area contributed by atoms with Gasteiger partial charge in [-0.3, -0.25) is 0 Å². The highest BCUT2D eigenvalue weighted by molar-refractivity contribution is 6.07. The third-order valence-electron chi connectivity index (χ3n) is 10.4. The van der Waals surface area contributed by atoms with Crippen LogP contribution < -0.4 is 11.1 Å². The maximum Gasteiger partial charge on any atom is 0.135 e. The van der Waals surface area contributed by atoms with Crippen LogP contribution in [0.2, 0.25) is 0 Å². The van der Waals surface area contributed by atoms with E-state index in [2.05, 4.69) is 133 Å². The second kappa shape index (κ2) is 11.8. The van der Waals surface area contributed by atoms with Gasteiger partial charge in [-0.25, -0.2) is 4.98 Å². The number of benzene rings is 6. The van der Waals surface area contributed by atoms with E-state index in [-0.39, 0.29) is 5.41 Å². The van der Waals surface area contributed by atoms with Gasteiger partial charge in [-0.1, -0.05) is 98.8 Å². The summed E-state index contributed by atoms with van der Waals surface area (Å²) in [5.74, 6) is 0.750. The van der Waals surface area contributed by atoms with E-state index < -0.39 is 6.17 Å². The molecular formula is C46H34N4O. The Morgan fingerprint density at radius 2 is 1.24 bits per heavy atom. The van der Waals surface area contributed by atoms with Crippen LogP contribution in [0.4, 0.5) is 5.82 Å². The molecule has 1 atom stereocenters. The molecule has 1 aliphatic carbocycles. The number of nitrogens with zero attached hydrogens (tertiary/aromatic N) is 2. The molecule has 3 N–H and O–H groups in total. The Balaban J connectivity index is 1.01. The van der Waals surface area contributed by atoms with Gasteiger partial charge >= 0.3 is 0 Å². The molecule has 9 rings (SSSR count). The van der Waals surface area contributed by atoms with Crippen molar-refractivity contribution >= 4 is 27.8 Å². The molecule has 5 heteroatoms. The van der Waals surface area contributed by atoms with Crippen molar-refractivity contribution in [3.63, 3.8) is 0 Å². The molecule has 0 unspecified atom stereocenters. The summed E-state index contributed by atoms with van der Waals surface area (Å²) in [6.45, 7) is 4.49. The largest absolute Gasteiger partial charge is 0.456 e. The van der Waals surface area contributed by atoms with Gasteiger partial charge in [0.2, 0.25) is 0 Å². The lowest BCUT2D eigenvalue weighted by atomic mass is 9.81. The standard InChI is InChI=1S/C46H34N4O/c1-46(2)40-23-28(27-47)10-18-36(40)37-19-15-34(26-41(37)46)33-17-21-43-39(25-33)38-24-32(16-20-42(38)51-43)29-11-13-31(14-12-29)44(48)50-45-35(9-6-22-49-45)30-7-4-3-5-8-30/h3-26,44H,48H2,1-2H3,(H,49,50)/t44-/m0/s1. The van der Waals surface area contributed by atoms with Gasteiger partial charge in [-0.15, -0.1) is 0 Å². The molecule has 0 fully saturated rings. The first kappa shape index (κ1) is 30.6. The van der Waals surface area contributed by atoms with Gasteiger partial charge in [0.25, 0.3) is 0 Å². The summed E-state index contributed by atoms with van der Waals surface area (Å²) in [4.78, 5) is 4.59. The van der Waals surface area contributed by atoms with Gasteiger partial charge < -0.3 is 15.5 Å². The second-order valence-electron chi connectivity index (χ2n) is 13.8. The Labute approximate surface area is 296 Å². The van der Waals surface area contributed by atoms with Crippen LogP contribution in [0.25, 0.3) is 66.4 Å². The minimum atomic E-state index is -0.427. The maximum atomic E-state index is 9.52. The number of rotatable bonds is 6. The van der Waals surface area contributed by atoms with Gasteiger partial charge in [0, 0.05) is 27.9 Å². The van der Waals surface area contributed by atoms with E-state index in [4.69, 9.17) is 10.2 Å². The summed E-state index contributed by atoms with van der Waals surface area (Å²) in [7, 11) is 0. The minimum absolute atomic E-state index is 0.200. The number of nitrogens with one attached hydrogen (secondary N) is 1. The molecule has 8 aromatic rings. The molecule has 0 radical (unpaired) electrons. The van der Waals surface area contributed by atoms with Crippen LogP contribution in [0.1, 0.15) is 42.3 Å². The smallest absolute Gasteiger partial charge is 0.135 e. The Kier molecular flexibility index (Phi) is 7.10. The number of furan rings is 1. The molecule has 1 aliphatic rings. The van der Waals surface area contributed by atoms with Crippen molar-refractivity contribution < 1.29 is 4.42 Å². The molecular weight excluding hydrogens is 625 g/mol. The Morgan fingerprint density at radius 1 is 0.627 bits per heavy atom. The average molecular weight is 659 g/mol. The predicted octanol–water partition coefficient (Wildman–Crippen LogP) is 11.2. The number of fused-ring (bicyclic) bond motifs is 6. The molecule has 244 valence electrons. The van der Waals surface area contributed by atoms with Gasteiger partial charge in [-0.2, -0.15) is 5.26 Å². The topological polar surface area (TPSA) is 87.9 Å². The molecule has 0 saturated heterocycles. The number of nitrogens with two attached hydrogens (primary N) is 1. The first-order valence-electron chi connectivity index (χ1n) is 17.2. The number of pyridine rings is 1. The van der Waals surface area contributed by atoms with E-state index >= 15 is 0 Å². The van der Waals surface area contributed by atoms with Crippen LogP contribution >= 0.6 is 0 Å². The van der Waals surface area contributed by atoms with Crippen LogP contribution in [0.3, 0.4) is 0 Å². The monoisotopic (exact) mass is 658 g/mol. The molecule has 2 aromatic heterocycles. The van der Waals surface area contributed by atoms with Crippen LogP contribution in [0.15, 0.2) is 150 Å². The zero-order valence-electron chi connectivity index (χ0n) is 28.3. The summed E-state index contributed by atoms with van der Waals surface area (Å²) in [6, 6.07) is 50.5. The van der Waals surface area contributed by atoms with Gasteiger partial charge in [-0.05, 0) is 110 Å². The van der Waals surface area contributed by atoms with E-state index in [0.29, 0.717) is 5.56 Å². The van der Waals surface area contributed by atoms with Gasteiger partial charge in [0.1, 0.15) is 23.1 Å². The molecule has 0 aliphatic heterocycles. The Morgan fingerprint density at radius 3 is 1.94 bits per heavy atom. The van der Waals surface area contributed by atoms with E-state index in [9.17, 15) is 5.26 Å².